The molecule has 0 amide bonds. The van der Waals surface area contributed by atoms with Crippen LogP contribution in [0.5, 0.6) is 5.75 Å². The number of hydrogen-bond acceptors (Lipinski definition) is 5. The summed E-state index contributed by atoms with van der Waals surface area (Å²) in [6, 6.07) is 17.8. The van der Waals surface area contributed by atoms with Gasteiger partial charge in [0.05, 0.1) is 11.0 Å². The van der Waals surface area contributed by atoms with Crippen LogP contribution in [-0.2, 0) is 24.9 Å². The number of benzene rings is 3. The molecule has 5 aromatic rings. The molecule has 2 aromatic heterocycles. The molecule has 41 heavy (non-hydrogen) atoms. The normalized spacial score (nSPS) is 12.9. The van der Waals surface area contributed by atoms with Crippen LogP contribution < -0.4 is 11.1 Å². The number of fused-ring (bicyclic) bond motifs is 2. The summed E-state index contributed by atoms with van der Waals surface area (Å²) in [5.74, 6) is 0.110. The molecular formula is C33H39N5O3. The van der Waals surface area contributed by atoms with Crippen molar-refractivity contribution in [2.24, 2.45) is 19.5 Å². The highest BCUT2D eigenvalue weighted by molar-refractivity contribution is 5.91. The van der Waals surface area contributed by atoms with E-state index in [1.54, 1.807) is 26.2 Å². The van der Waals surface area contributed by atoms with Crippen molar-refractivity contribution in [2.75, 3.05) is 0 Å². The van der Waals surface area contributed by atoms with E-state index >= 15 is 0 Å². The third-order valence-corrected chi connectivity index (χ3v) is 8.22. The van der Waals surface area contributed by atoms with Gasteiger partial charge < -0.3 is 14.2 Å². The van der Waals surface area contributed by atoms with Gasteiger partial charge in [-0.05, 0) is 46.6 Å². The molecule has 5 rings (SSSR count). The molecule has 0 aliphatic heterocycles. The van der Waals surface area contributed by atoms with Crippen LogP contribution in [0, 0.1) is 5.41 Å². The third kappa shape index (κ3) is 4.85. The van der Waals surface area contributed by atoms with Gasteiger partial charge in [-0.3, -0.25) is 9.59 Å². The first-order valence-corrected chi connectivity index (χ1v) is 13.9. The Morgan fingerprint density at radius 2 is 1.24 bits per heavy atom. The molecule has 1 N–H and O–H groups in total. The van der Waals surface area contributed by atoms with Crippen molar-refractivity contribution < 1.29 is 5.11 Å². The van der Waals surface area contributed by atoms with E-state index in [0.717, 1.165) is 23.1 Å². The van der Waals surface area contributed by atoms with Gasteiger partial charge in [0.15, 0.2) is 0 Å². The van der Waals surface area contributed by atoms with Crippen LogP contribution >= 0.6 is 0 Å². The molecule has 0 saturated carbocycles. The van der Waals surface area contributed by atoms with E-state index in [1.807, 2.05) is 24.3 Å². The maximum Gasteiger partial charge on any atom is 0.316 e. The van der Waals surface area contributed by atoms with Gasteiger partial charge in [0.2, 0.25) is 0 Å². The third-order valence-electron chi connectivity index (χ3n) is 8.22. The minimum Gasteiger partial charge on any atom is -0.505 e. The summed E-state index contributed by atoms with van der Waals surface area (Å²) in [4.78, 5) is 26.4. The first kappa shape index (κ1) is 28.3. The minimum absolute atomic E-state index is 0.0846. The smallest absolute Gasteiger partial charge is 0.316 e. The molecule has 0 aliphatic carbocycles. The number of hydrogen-bond donors (Lipinski definition) is 1. The van der Waals surface area contributed by atoms with Gasteiger partial charge in [0.1, 0.15) is 22.5 Å². The lowest BCUT2D eigenvalue weighted by Crippen LogP contribution is -2.39. The Morgan fingerprint density at radius 3 is 1.73 bits per heavy atom. The number of phenols is 1. The molecule has 0 bridgehead atoms. The van der Waals surface area contributed by atoms with Crippen LogP contribution in [-0.4, -0.2) is 29.2 Å². The Hall–Kier alpha value is -4.20. The summed E-state index contributed by atoms with van der Waals surface area (Å²) >= 11 is 0. The van der Waals surface area contributed by atoms with Crippen molar-refractivity contribution in [3.05, 3.63) is 92.0 Å². The zero-order valence-corrected chi connectivity index (χ0v) is 25.4. The zero-order valence-electron chi connectivity index (χ0n) is 25.4. The van der Waals surface area contributed by atoms with Gasteiger partial charge in [-0.1, -0.05) is 84.9 Å². The van der Waals surface area contributed by atoms with Crippen molar-refractivity contribution in [2.45, 2.75) is 65.7 Å². The summed E-state index contributed by atoms with van der Waals surface area (Å²) < 4.78 is 2.67. The fourth-order valence-electron chi connectivity index (χ4n) is 6.17. The number of rotatable bonds is 5. The second-order valence-electron chi connectivity index (χ2n) is 13.6. The molecule has 8 heteroatoms. The number of phenolic OH excluding ortho intramolecular Hbond substituents is 1. The summed E-state index contributed by atoms with van der Waals surface area (Å²) in [5.41, 5.74) is 3.83. The molecule has 0 saturated heterocycles. The van der Waals surface area contributed by atoms with Gasteiger partial charge in [-0.15, -0.1) is 15.0 Å². The first-order valence-electron chi connectivity index (χ1n) is 13.9. The lowest BCUT2D eigenvalue weighted by atomic mass is 9.70. The van der Waals surface area contributed by atoms with Crippen molar-refractivity contribution in [1.29, 1.82) is 0 Å². The molecule has 0 unspecified atom stereocenters. The van der Waals surface area contributed by atoms with E-state index < -0.39 is 16.5 Å². The SMILES string of the molecule is Cn1c(=O)c(=O)n(C)c2cc3nn(-c4cc(C(C)(C)CC(C)(C)C)cc(C(C)(C)c5ccccc5)c4O)nc3cc21. The summed E-state index contributed by atoms with van der Waals surface area (Å²) in [5, 5.41) is 21.4. The summed E-state index contributed by atoms with van der Waals surface area (Å²) in [6.45, 7) is 15.4. The Kier molecular flexibility index (Phi) is 6.52. The molecule has 0 fully saturated rings. The van der Waals surface area contributed by atoms with E-state index in [0.29, 0.717) is 27.8 Å². The van der Waals surface area contributed by atoms with E-state index in [2.05, 4.69) is 66.7 Å². The predicted octanol–water partition coefficient (Wildman–Crippen LogP) is 5.72. The van der Waals surface area contributed by atoms with E-state index in [4.69, 9.17) is 10.2 Å². The highest BCUT2D eigenvalue weighted by atomic mass is 16.3. The number of aromatic hydroxyl groups is 1. The fraction of sp³-hybridized carbons (Fsp3) is 0.394. The maximum absolute atomic E-state index is 12.4. The Morgan fingerprint density at radius 1 is 0.732 bits per heavy atom. The summed E-state index contributed by atoms with van der Waals surface area (Å²) in [6.07, 6.45) is 0.928. The van der Waals surface area contributed by atoms with Gasteiger partial charge in [-0.2, -0.15) is 0 Å². The van der Waals surface area contributed by atoms with Crippen LogP contribution in [0.25, 0.3) is 27.8 Å². The van der Waals surface area contributed by atoms with Crippen molar-refractivity contribution >= 4 is 22.1 Å². The van der Waals surface area contributed by atoms with E-state index in [9.17, 15) is 14.7 Å². The minimum atomic E-state index is -0.606. The number of aryl methyl sites for hydroxylation is 2. The van der Waals surface area contributed by atoms with E-state index in [-0.39, 0.29) is 16.6 Å². The second-order valence-corrected chi connectivity index (χ2v) is 13.6. The molecule has 0 atom stereocenters. The topological polar surface area (TPSA) is 94.9 Å². The molecule has 214 valence electrons. The lowest BCUT2D eigenvalue weighted by molar-refractivity contribution is 0.283. The largest absolute Gasteiger partial charge is 0.505 e. The molecular weight excluding hydrogens is 514 g/mol. The Balaban J connectivity index is 1.79. The van der Waals surface area contributed by atoms with Crippen LogP contribution in [0.3, 0.4) is 0 Å². The van der Waals surface area contributed by atoms with Crippen LogP contribution in [0.2, 0.25) is 0 Å². The molecule has 3 aromatic carbocycles. The zero-order chi connectivity index (χ0) is 30.1. The molecule has 8 nitrogen and oxygen atoms in total. The molecule has 0 aliphatic rings. The highest BCUT2D eigenvalue weighted by Gasteiger charge is 2.34. The standard InChI is InChI=1S/C33H39N5O3/c1-31(2,3)19-32(4,5)21-15-22(33(6,7)20-13-11-10-12-14-20)28(39)27(16-21)38-34-23-17-25-26(18-24(23)35-38)37(9)30(41)29(40)36(25)8/h10-18,39H,19H2,1-9H3. The lowest BCUT2D eigenvalue weighted by Gasteiger charge is -2.35. The fourth-order valence-corrected chi connectivity index (χ4v) is 6.17. The van der Waals surface area contributed by atoms with Crippen LogP contribution in [0.4, 0.5) is 0 Å². The maximum atomic E-state index is 12.4. The van der Waals surface area contributed by atoms with E-state index in [1.165, 1.54) is 13.9 Å². The van der Waals surface area contributed by atoms with Crippen molar-refractivity contribution in [1.82, 2.24) is 24.1 Å². The highest BCUT2D eigenvalue weighted by Crippen LogP contribution is 2.44. The van der Waals surface area contributed by atoms with Crippen molar-refractivity contribution in [3.8, 4) is 11.4 Å². The van der Waals surface area contributed by atoms with Gasteiger partial charge in [0.25, 0.3) is 0 Å². The quantitative estimate of drug-likeness (QED) is 0.281. The monoisotopic (exact) mass is 553 g/mol. The number of nitrogens with zero attached hydrogens (tertiary/aromatic N) is 5. The molecule has 2 heterocycles. The average Bonchev–Trinajstić information content (AvgIpc) is 3.31. The first-order chi connectivity index (χ1) is 19.0. The Bertz CT molecular complexity index is 1850. The number of aromatic nitrogens is 5. The Labute approximate surface area is 239 Å². The second kappa shape index (κ2) is 9.43. The molecule has 0 radical (unpaired) electrons. The van der Waals surface area contributed by atoms with Crippen molar-refractivity contribution in [3.63, 3.8) is 0 Å². The molecule has 0 spiro atoms. The average molecular weight is 554 g/mol. The van der Waals surface area contributed by atoms with Crippen LogP contribution in [0.1, 0.15) is 71.6 Å². The summed E-state index contributed by atoms with van der Waals surface area (Å²) in [7, 11) is 3.15. The predicted molar refractivity (Wildman–Crippen MR) is 164 cm³/mol. The van der Waals surface area contributed by atoms with Gasteiger partial charge in [0, 0.05) is 25.1 Å². The van der Waals surface area contributed by atoms with Crippen LogP contribution in [0.15, 0.2) is 64.2 Å². The van der Waals surface area contributed by atoms with Gasteiger partial charge >= 0.3 is 11.1 Å². The van der Waals surface area contributed by atoms with Gasteiger partial charge in [-0.25, -0.2) is 0 Å².